The zero-order chi connectivity index (χ0) is 8.53. The van der Waals surface area contributed by atoms with Crippen molar-refractivity contribution in [2.75, 3.05) is 26.8 Å². The van der Waals surface area contributed by atoms with Gasteiger partial charge < -0.3 is 15.8 Å². The van der Waals surface area contributed by atoms with E-state index in [0.717, 1.165) is 32.5 Å². The molecule has 0 amide bonds. The van der Waals surface area contributed by atoms with E-state index in [9.17, 15) is 0 Å². The van der Waals surface area contributed by atoms with Crippen LogP contribution in [0.25, 0.3) is 0 Å². The summed E-state index contributed by atoms with van der Waals surface area (Å²) in [6, 6.07) is 0.303. The average molecular weight is 160 g/mol. The van der Waals surface area contributed by atoms with Crippen LogP contribution in [0.5, 0.6) is 0 Å². The number of nitrogens with two attached hydrogens (primary N) is 1. The van der Waals surface area contributed by atoms with Crippen molar-refractivity contribution >= 4 is 0 Å². The summed E-state index contributed by atoms with van der Waals surface area (Å²) < 4.78 is 4.90. The summed E-state index contributed by atoms with van der Waals surface area (Å²) in [5.41, 5.74) is 5.69. The second-order valence-electron chi connectivity index (χ2n) is 2.72. The van der Waals surface area contributed by atoms with Gasteiger partial charge in [0.25, 0.3) is 0 Å². The highest BCUT2D eigenvalue weighted by molar-refractivity contribution is 4.61. The maximum atomic E-state index is 5.69. The largest absolute Gasteiger partial charge is 0.385 e. The van der Waals surface area contributed by atoms with Gasteiger partial charge in [-0.2, -0.15) is 0 Å². The van der Waals surface area contributed by atoms with Crippen molar-refractivity contribution in [1.82, 2.24) is 5.32 Å². The molecule has 0 radical (unpaired) electrons. The summed E-state index contributed by atoms with van der Waals surface area (Å²) >= 11 is 0. The van der Waals surface area contributed by atoms with Crippen LogP contribution >= 0.6 is 0 Å². The lowest BCUT2D eigenvalue weighted by molar-refractivity contribution is 0.194. The van der Waals surface area contributed by atoms with Crippen molar-refractivity contribution in [2.45, 2.75) is 25.8 Å². The van der Waals surface area contributed by atoms with Gasteiger partial charge in [0.05, 0.1) is 0 Å². The fraction of sp³-hybridized carbons (Fsp3) is 1.00. The summed E-state index contributed by atoms with van der Waals surface area (Å²) in [6.45, 7) is 4.84. The van der Waals surface area contributed by atoms with E-state index in [4.69, 9.17) is 10.5 Å². The van der Waals surface area contributed by atoms with Crippen LogP contribution in [0.1, 0.15) is 19.8 Å². The number of ether oxygens (including phenoxy) is 1. The van der Waals surface area contributed by atoms with E-state index in [1.807, 2.05) is 0 Å². The van der Waals surface area contributed by atoms with Crippen molar-refractivity contribution in [3.8, 4) is 0 Å². The van der Waals surface area contributed by atoms with E-state index in [1.165, 1.54) is 0 Å². The minimum Gasteiger partial charge on any atom is -0.385 e. The molecule has 3 N–H and O–H groups in total. The van der Waals surface area contributed by atoms with Gasteiger partial charge in [0, 0.05) is 26.3 Å². The zero-order valence-corrected chi connectivity index (χ0v) is 7.60. The third-order valence-electron chi connectivity index (χ3n) is 1.63. The first-order valence-corrected chi connectivity index (χ1v) is 4.26. The molecule has 1 atom stereocenters. The van der Waals surface area contributed by atoms with Gasteiger partial charge in [0.15, 0.2) is 0 Å². The second-order valence-corrected chi connectivity index (χ2v) is 2.72. The topological polar surface area (TPSA) is 47.3 Å². The molecule has 0 rings (SSSR count). The summed E-state index contributed by atoms with van der Waals surface area (Å²) in [5.74, 6) is 0. The molecular formula is C8H20N2O. The van der Waals surface area contributed by atoms with Crippen LogP contribution in [0.15, 0.2) is 0 Å². The first kappa shape index (κ1) is 10.9. The standard InChI is InChI=1S/C8H20N2O/c1-3-8(9)7-10-5-4-6-11-2/h8,10H,3-7,9H2,1-2H3. The molecule has 3 nitrogen and oxygen atoms in total. The lowest BCUT2D eigenvalue weighted by atomic mass is 10.2. The Balaban J connectivity index is 2.89. The highest BCUT2D eigenvalue weighted by Gasteiger charge is 1.95. The lowest BCUT2D eigenvalue weighted by Gasteiger charge is -2.09. The van der Waals surface area contributed by atoms with Crippen molar-refractivity contribution in [3.05, 3.63) is 0 Å². The first-order valence-electron chi connectivity index (χ1n) is 4.26. The van der Waals surface area contributed by atoms with Gasteiger partial charge >= 0.3 is 0 Å². The molecule has 0 aliphatic carbocycles. The molecule has 68 valence electrons. The molecule has 0 heterocycles. The van der Waals surface area contributed by atoms with Gasteiger partial charge in [-0.25, -0.2) is 0 Å². The number of rotatable bonds is 7. The Kier molecular flexibility index (Phi) is 7.89. The van der Waals surface area contributed by atoms with E-state index in [-0.39, 0.29) is 0 Å². The maximum Gasteiger partial charge on any atom is 0.0474 e. The van der Waals surface area contributed by atoms with E-state index < -0.39 is 0 Å². The molecule has 0 spiro atoms. The lowest BCUT2D eigenvalue weighted by Crippen LogP contribution is -2.33. The Hall–Kier alpha value is -0.120. The van der Waals surface area contributed by atoms with Crippen molar-refractivity contribution < 1.29 is 4.74 Å². The summed E-state index contributed by atoms with van der Waals surface area (Å²) in [4.78, 5) is 0. The fourth-order valence-electron chi connectivity index (χ4n) is 0.773. The molecule has 0 saturated heterocycles. The molecule has 0 fully saturated rings. The smallest absolute Gasteiger partial charge is 0.0474 e. The van der Waals surface area contributed by atoms with Gasteiger partial charge in [-0.1, -0.05) is 6.92 Å². The molecule has 11 heavy (non-hydrogen) atoms. The molecule has 3 heteroatoms. The molecule has 0 saturated carbocycles. The Morgan fingerprint density at radius 1 is 1.55 bits per heavy atom. The van der Waals surface area contributed by atoms with E-state index in [0.29, 0.717) is 6.04 Å². The monoisotopic (exact) mass is 160 g/mol. The molecule has 0 aromatic heterocycles. The van der Waals surface area contributed by atoms with Crippen LogP contribution in [-0.4, -0.2) is 32.8 Å². The molecule has 1 unspecified atom stereocenters. The molecular weight excluding hydrogens is 140 g/mol. The number of nitrogens with one attached hydrogen (secondary N) is 1. The summed E-state index contributed by atoms with van der Waals surface area (Å²) in [6.07, 6.45) is 2.10. The van der Waals surface area contributed by atoms with E-state index in [2.05, 4.69) is 12.2 Å². The highest BCUT2D eigenvalue weighted by atomic mass is 16.5. The van der Waals surface area contributed by atoms with E-state index in [1.54, 1.807) is 7.11 Å². The Labute approximate surface area is 69.3 Å². The molecule has 0 bridgehead atoms. The first-order chi connectivity index (χ1) is 5.31. The summed E-state index contributed by atoms with van der Waals surface area (Å²) in [5, 5.41) is 3.27. The highest BCUT2D eigenvalue weighted by Crippen LogP contribution is 1.83. The van der Waals surface area contributed by atoms with Crippen LogP contribution in [0.2, 0.25) is 0 Å². The third-order valence-corrected chi connectivity index (χ3v) is 1.63. The van der Waals surface area contributed by atoms with Gasteiger partial charge in [0.1, 0.15) is 0 Å². The van der Waals surface area contributed by atoms with Gasteiger partial charge in [-0.3, -0.25) is 0 Å². The average Bonchev–Trinajstić information content (AvgIpc) is 2.04. The Morgan fingerprint density at radius 2 is 2.27 bits per heavy atom. The number of hydrogen-bond acceptors (Lipinski definition) is 3. The normalized spacial score (nSPS) is 13.4. The van der Waals surface area contributed by atoms with Crippen LogP contribution < -0.4 is 11.1 Å². The molecule has 0 aliphatic heterocycles. The minimum absolute atomic E-state index is 0.303. The SMILES string of the molecule is CCC(N)CNCCCOC. The quantitative estimate of drug-likeness (QED) is 0.528. The van der Waals surface area contributed by atoms with Crippen LogP contribution in [-0.2, 0) is 4.74 Å². The van der Waals surface area contributed by atoms with Crippen LogP contribution in [0, 0.1) is 0 Å². The molecule has 0 aromatic rings. The Morgan fingerprint density at radius 3 is 2.82 bits per heavy atom. The maximum absolute atomic E-state index is 5.69. The van der Waals surface area contributed by atoms with Crippen molar-refractivity contribution in [3.63, 3.8) is 0 Å². The zero-order valence-electron chi connectivity index (χ0n) is 7.60. The van der Waals surface area contributed by atoms with Crippen LogP contribution in [0.4, 0.5) is 0 Å². The van der Waals surface area contributed by atoms with Crippen LogP contribution in [0.3, 0.4) is 0 Å². The molecule has 0 aromatic carbocycles. The minimum atomic E-state index is 0.303. The third kappa shape index (κ3) is 7.78. The Bertz CT molecular complexity index is 78.5. The molecule has 0 aliphatic rings. The van der Waals surface area contributed by atoms with Crippen molar-refractivity contribution in [2.24, 2.45) is 5.73 Å². The fourth-order valence-corrected chi connectivity index (χ4v) is 0.773. The second kappa shape index (κ2) is 7.98. The van der Waals surface area contributed by atoms with Gasteiger partial charge in [0.2, 0.25) is 0 Å². The summed E-state index contributed by atoms with van der Waals surface area (Å²) in [7, 11) is 1.72. The van der Waals surface area contributed by atoms with E-state index >= 15 is 0 Å². The number of hydrogen-bond donors (Lipinski definition) is 2. The number of methoxy groups -OCH3 is 1. The van der Waals surface area contributed by atoms with Crippen molar-refractivity contribution in [1.29, 1.82) is 0 Å². The van der Waals surface area contributed by atoms with Gasteiger partial charge in [-0.05, 0) is 19.4 Å². The predicted octanol–water partition coefficient (Wildman–Crippen LogP) is 0.350. The predicted molar refractivity (Wildman–Crippen MR) is 47.6 cm³/mol. The van der Waals surface area contributed by atoms with Gasteiger partial charge in [-0.15, -0.1) is 0 Å².